The van der Waals surface area contributed by atoms with Gasteiger partial charge in [-0.3, -0.25) is 4.90 Å². The Bertz CT molecular complexity index is 1630. The highest BCUT2D eigenvalue weighted by molar-refractivity contribution is 5.94. The molecule has 1 unspecified atom stereocenters. The molecule has 3 atom stereocenters. The Morgan fingerprint density at radius 1 is 0.980 bits per heavy atom. The Labute approximate surface area is 293 Å². The van der Waals surface area contributed by atoms with Crippen LogP contribution in [0.4, 0.5) is 16.3 Å². The first-order chi connectivity index (χ1) is 24.4. The lowest BCUT2D eigenvalue weighted by Crippen LogP contribution is -2.55. The number of likely N-dealkylation sites (tertiary alicyclic amines) is 1. The zero-order valence-electron chi connectivity index (χ0n) is 28.8. The summed E-state index contributed by atoms with van der Waals surface area (Å²) in [5.41, 5.74) is 8.54. The van der Waals surface area contributed by atoms with E-state index < -0.39 is 12.1 Å². The number of carboxylic acid groups (broad SMARTS) is 1. The van der Waals surface area contributed by atoms with Gasteiger partial charge in [0.1, 0.15) is 12.4 Å². The molecule has 3 aliphatic rings. The molecule has 268 valence electrons. The number of aromatic nitrogens is 2. The van der Waals surface area contributed by atoms with Gasteiger partial charge in [-0.2, -0.15) is 15.2 Å². The Morgan fingerprint density at radius 2 is 1.78 bits per heavy atom. The van der Waals surface area contributed by atoms with E-state index in [1.54, 1.807) is 0 Å². The molecule has 14 nitrogen and oxygen atoms in total. The van der Waals surface area contributed by atoms with Crippen LogP contribution in [0.25, 0.3) is 10.8 Å². The first-order valence-electron chi connectivity index (χ1n) is 17.5. The third-order valence-corrected chi connectivity index (χ3v) is 9.76. The Kier molecular flexibility index (Phi) is 12.2. The number of nitrogens with zero attached hydrogens (tertiary/aromatic N) is 7. The van der Waals surface area contributed by atoms with E-state index in [9.17, 15) is 15.2 Å². The predicted molar refractivity (Wildman–Crippen MR) is 189 cm³/mol. The first kappa shape index (κ1) is 35.6. The van der Waals surface area contributed by atoms with E-state index in [4.69, 9.17) is 34.6 Å². The third kappa shape index (κ3) is 8.54. The number of amides is 1. The van der Waals surface area contributed by atoms with Gasteiger partial charge in [0.25, 0.3) is 0 Å². The second-order valence-corrected chi connectivity index (χ2v) is 13.0. The number of fused-ring (bicyclic) bond motifs is 2. The van der Waals surface area contributed by atoms with E-state index in [0.717, 1.165) is 48.7 Å². The number of piperazine rings is 1. The second kappa shape index (κ2) is 17.1. The van der Waals surface area contributed by atoms with Gasteiger partial charge in [-0.25, -0.2) is 4.79 Å². The highest BCUT2D eigenvalue weighted by Gasteiger charge is 2.35. The highest BCUT2D eigenvalue weighted by atomic mass is 16.5. The summed E-state index contributed by atoms with van der Waals surface area (Å²) < 4.78 is 23.4. The van der Waals surface area contributed by atoms with Gasteiger partial charge in [0.2, 0.25) is 0 Å². The van der Waals surface area contributed by atoms with Gasteiger partial charge in [-0.15, -0.1) is 0 Å². The van der Waals surface area contributed by atoms with Crippen LogP contribution in [0.2, 0.25) is 0 Å². The Morgan fingerprint density at radius 3 is 2.60 bits per heavy atom. The maximum Gasteiger partial charge on any atom is 0.407 e. The summed E-state index contributed by atoms with van der Waals surface area (Å²) in [7, 11) is 2.07. The molecule has 0 radical (unpaired) electrons. The van der Waals surface area contributed by atoms with E-state index in [1.807, 2.05) is 0 Å². The summed E-state index contributed by atoms with van der Waals surface area (Å²) >= 11 is 0. The Balaban J connectivity index is 1.16. The summed E-state index contributed by atoms with van der Waals surface area (Å²) in [4.78, 5) is 30.0. The van der Waals surface area contributed by atoms with Crippen molar-refractivity contribution in [2.45, 2.75) is 44.0 Å². The molecule has 2 saturated heterocycles. The van der Waals surface area contributed by atoms with E-state index in [0.29, 0.717) is 78.4 Å². The standard InChI is InChI=1S/C36H48N8O6/c1-41-23-29(49-20-19-48-18-17-47-16-12-38)21-28(41)25-50-35-39-32-24-42(33-8-4-6-26-5-2-3-7-30(26)33)13-10-31(32)34(40-35)43-14-15-44(36(45)46)27(22-43)9-11-37/h2-8,27-29H,9-10,12-25,38H2,1H3,(H,45,46)/t27?,28-,29+/m0/s1. The van der Waals surface area contributed by atoms with Crippen LogP contribution in [0, 0.1) is 11.3 Å². The molecule has 4 heterocycles. The number of rotatable bonds is 15. The number of hydrogen-bond acceptors (Lipinski definition) is 12. The van der Waals surface area contributed by atoms with Crippen molar-refractivity contribution < 1.29 is 28.8 Å². The fourth-order valence-corrected chi connectivity index (χ4v) is 7.18. The number of carbonyl (C=O) groups is 1. The van der Waals surface area contributed by atoms with Gasteiger partial charge in [0.15, 0.2) is 0 Å². The molecule has 3 aliphatic heterocycles. The molecule has 14 heteroatoms. The SMILES string of the molecule is CN1C[C@H](OCCOCCOCCN)C[C@H]1COc1nc2c(c(N3CCN(C(=O)O)C(CC#N)C3)n1)CCN(c1cccc3ccccc13)C2. The predicted octanol–water partition coefficient (Wildman–Crippen LogP) is 2.73. The molecular formula is C36H48N8O6. The lowest BCUT2D eigenvalue weighted by atomic mass is 10.0. The zero-order valence-corrected chi connectivity index (χ0v) is 28.8. The maximum absolute atomic E-state index is 11.9. The Hall–Kier alpha value is -4.26. The number of benzene rings is 2. The van der Waals surface area contributed by atoms with Crippen molar-refractivity contribution in [3.63, 3.8) is 0 Å². The first-order valence-corrected chi connectivity index (χ1v) is 17.5. The molecule has 2 aromatic carbocycles. The third-order valence-electron chi connectivity index (χ3n) is 9.76. The summed E-state index contributed by atoms with van der Waals surface area (Å²) in [6.45, 7) is 6.80. The van der Waals surface area contributed by atoms with Gasteiger partial charge in [0.05, 0.1) is 69.9 Å². The molecule has 0 saturated carbocycles. The number of nitriles is 1. The maximum atomic E-state index is 11.9. The lowest BCUT2D eigenvalue weighted by Gasteiger charge is -2.41. The molecule has 3 aromatic rings. The molecule has 50 heavy (non-hydrogen) atoms. The molecular weight excluding hydrogens is 640 g/mol. The number of hydrogen-bond donors (Lipinski definition) is 2. The highest BCUT2D eigenvalue weighted by Crippen LogP contribution is 2.35. The van der Waals surface area contributed by atoms with Crippen LogP contribution in [0.5, 0.6) is 6.01 Å². The number of ether oxygens (including phenoxy) is 4. The molecule has 0 spiro atoms. The average Bonchev–Trinajstić information content (AvgIpc) is 3.49. The summed E-state index contributed by atoms with van der Waals surface area (Å²) in [5.74, 6) is 0.768. The zero-order chi connectivity index (χ0) is 34.9. The van der Waals surface area contributed by atoms with Crippen LogP contribution in [0.3, 0.4) is 0 Å². The number of anilines is 2. The minimum atomic E-state index is -1.01. The van der Waals surface area contributed by atoms with Crippen molar-refractivity contribution in [3.8, 4) is 12.1 Å². The van der Waals surface area contributed by atoms with E-state index >= 15 is 0 Å². The van der Waals surface area contributed by atoms with E-state index in [1.165, 1.54) is 15.7 Å². The van der Waals surface area contributed by atoms with Crippen molar-refractivity contribution in [2.75, 3.05) is 95.8 Å². The number of likely N-dealkylation sites (N-methyl/N-ethyl adjacent to an activating group) is 1. The molecule has 1 aromatic heterocycles. The molecule has 1 amide bonds. The van der Waals surface area contributed by atoms with Crippen molar-refractivity contribution in [3.05, 3.63) is 53.7 Å². The van der Waals surface area contributed by atoms with Crippen LogP contribution in [-0.2, 0) is 27.2 Å². The molecule has 3 N–H and O–H groups in total. The van der Waals surface area contributed by atoms with Gasteiger partial charge >= 0.3 is 12.1 Å². The molecule has 0 aliphatic carbocycles. The van der Waals surface area contributed by atoms with E-state index in [-0.39, 0.29) is 18.6 Å². The summed E-state index contributed by atoms with van der Waals surface area (Å²) in [6.07, 6.45) is 0.720. The molecule has 2 fully saturated rings. The lowest BCUT2D eigenvalue weighted by molar-refractivity contribution is -0.00709. The number of nitrogens with two attached hydrogens (primary N) is 1. The van der Waals surface area contributed by atoms with E-state index in [2.05, 4.69) is 70.3 Å². The van der Waals surface area contributed by atoms with Crippen LogP contribution in [0.15, 0.2) is 42.5 Å². The minimum Gasteiger partial charge on any atom is -0.465 e. The van der Waals surface area contributed by atoms with Crippen LogP contribution >= 0.6 is 0 Å². The fraction of sp³-hybridized carbons (Fsp3) is 0.556. The van der Waals surface area contributed by atoms with Crippen LogP contribution in [-0.4, -0.2) is 135 Å². The minimum absolute atomic E-state index is 0.0718. The van der Waals surface area contributed by atoms with Crippen LogP contribution in [0.1, 0.15) is 24.1 Å². The summed E-state index contributed by atoms with van der Waals surface area (Å²) in [5, 5.41) is 21.6. The van der Waals surface area contributed by atoms with Gasteiger partial charge in [-0.05, 0) is 31.3 Å². The average molecular weight is 689 g/mol. The molecule has 6 rings (SSSR count). The fourth-order valence-electron chi connectivity index (χ4n) is 7.18. The van der Waals surface area contributed by atoms with Crippen molar-refractivity contribution in [1.29, 1.82) is 5.26 Å². The monoisotopic (exact) mass is 688 g/mol. The van der Waals surface area contributed by atoms with Gasteiger partial charge in [-0.1, -0.05) is 36.4 Å². The quantitative estimate of drug-likeness (QED) is 0.224. The van der Waals surface area contributed by atoms with Crippen molar-refractivity contribution >= 4 is 28.4 Å². The second-order valence-electron chi connectivity index (χ2n) is 13.0. The van der Waals surface area contributed by atoms with Crippen molar-refractivity contribution in [2.24, 2.45) is 5.73 Å². The van der Waals surface area contributed by atoms with Crippen molar-refractivity contribution in [1.82, 2.24) is 19.8 Å². The normalized spacial score (nSPS) is 21.0. The molecule has 0 bridgehead atoms. The smallest absolute Gasteiger partial charge is 0.407 e. The van der Waals surface area contributed by atoms with Gasteiger partial charge in [0, 0.05) is 61.9 Å². The summed E-state index contributed by atoms with van der Waals surface area (Å²) in [6, 6.07) is 16.9. The van der Waals surface area contributed by atoms with Gasteiger partial charge < -0.3 is 44.5 Å². The topological polar surface area (TPSA) is 163 Å². The largest absolute Gasteiger partial charge is 0.465 e. The van der Waals surface area contributed by atoms with Crippen LogP contribution < -0.4 is 20.3 Å².